The second-order valence-corrected chi connectivity index (χ2v) is 4.69. The topological polar surface area (TPSA) is 54.0 Å². The van der Waals surface area contributed by atoms with E-state index < -0.39 is 0 Å². The Kier molecular flexibility index (Phi) is 4.53. The van der Waals surface area contributed by atoms with Crippen LogP contribution < -0.4 is 0 Å². The molecule has 2 aromatic rings. The molecule has 1 aromatic carbocycles. The number of allylic oxidation sites excluding steroid dienone is 3. The van der Waals surface area contributed by atoms with E-state index in [1.54, 1.807) is 19.1 Å². The molecule has 0 N–H and O–H groups in total. The minimum atomic E-state index is -0.315. The van der Waals surface area contributed by atoms with Gasteiger partial charge in [-0.3, -0.25) is 4.79 Å². The van der Waals surface area contributed by atoms with Gasteiger partial charge in [-0.2, -0.15) is 5.26 Å². The molecular weight excluding hydrogens is 262 g/mol. The van der Waals surface area contributed by atoms with Crippen LogP contribution in [0.15, 0.2) is 64.3 Å². The van der Waals surface area contributed by atoms with Crippen LogP contribution in [0, 0.1) is 18.3 Å². The lowest BCUT2D eigenvalue weighted by atomic mass is 10.0. The number of benzene rings is 1. The summed E-state index contributed by atoms with van der Waals surface area (Å²) in [7, 11) is 0. The summed E-state index contributed by atoms with van der Waals surface area (Å²) in [6.07, 6.45) is 4.97. The van der Waals surface area contributed by atoms with E-state index in [-0.39, 0.29) is 11.4 Å². The third kappa shape index (κ3) is 3.58. The monoisotopic (exact) mass is 277 g/mol. The molecule has 0 fully saturated rings. The maximum absolute atomic E-state index is 12.3. The molecule has 1 aromatic heterocycles. The standard InChI is InChI=1S/C18H15NO2/c1-13(10-15-6-4-3-5-7-15)11-16(12-19)18(20)17-8-9-21-14(17)2/h3-11H,1-2H3/b13-10+,16-11+. The molecule has 0 saturated carbocycles. The second kappa shape index (κ2) is 6.53. The van der Waals surface area contributed by atoms with Gasteiger partial charge in [0.2, 0.25) is 5.78 Å². The first kappa shape index (κ1) is 14.5. The van der Waals surface area contributed by atoms with Gasteiger partial charge in [-0.15, -0.1) is 0 Å². The average Bonchev–Trinajstić information content (AvgIpc) is 2.91. The van der Waals surface area contributed by atoms with Crippen molar-refractivity contribution in [2.24, 2.45) is 0 Å². The predicted molar refractivity (Wildman–Crippen MR) is 81.6 cm³/mol. The van der Waals surface area contributed by atoms with Crippen LogP contribution >= 0.6 is 0 Å². The molecule has 0 aliphatic carbocycles. The summed E-state index contributed by atoms with van der Waals surface area (Å²) in [6, 6.07) is 13.3. The van der Waals surface area contributed by atoms with E-state index in [0.717, 1.165) is 11.1 Å². The predicted octanol–water partition coefficient (Wildman–Crippen LogP) is 4.32. The van der Waals surface area contributed by atoms with Crippen LogP contribution in [0.1, 0.15) is 28.6 Å². The zero-order chi connectivity index (χ0) is 15.2. The number of aryl methyl sites for hydroxylation is 1. The van der Waals surface area contributed by atoms with Crippen LogP contribution in [0.5, 0.6) is 0 Å². The second-order valence-electron chi connectivity index (χ2n) is 4.69. The molecule has 0 saturated heterocycles. The number of ketones is 1. The Hall–Kier alpha value is -2.86. The number of nitriles is 1. The summed E-state index contributed by atoms with van der Waals surface area (Å²) in [5.74, 6) is 0.204. The van der Waals surface area contributed by atoms with Crippen LogP contribution in [0.2, 0.25) is 0 Å². The summed E-state index contributed by atoms with van der Waals surface area (Å²) in [4.78, 5) is 12.3. The molecule has 21 heavy (non-hydrogen) atoms. The summed E-state index contributed by atoms with van der Waals surface area (Å²) in [5, 5.41) is 9.20. The quantitative estimate of drug-likeness (QED) is 0.362. The Morgan fingerprint density at radius 2 is 1.95 bits per heavy atom. The average molecular weight is 277 g/mol. The van der Waals surface area contributed by atoms with Gasteiger partial charge in [-0.25, -0.2) is 0 Å². The van der Waals surface area contributed by atoms with Crippen molar-refractivity contribution < 1.29 is 9.21 Å². The molecule has 0 aliphatic heterocycles. The van der Waals surface area contributed by atoms with Crippen molar-refractivity contribution in [3.63, 3.8) is 0 Å². The Morgan fingerprint density at radius 1 is 1.24 bits per heavy atom. The first-order chi connectivity index (χ1) is 10.1. The number of hydrogen-bond acceptors (Lipinski definition) is 3. The molecule has 0 unspecified atom stereocenters. The minimum Gasteiger partial charge on any atom is -0.469 e. The lowest BCUT2D eigenvalue weighted by Crippen LogP contribution is -2.02. The number of carbonyl (C=O) groups is 1. The molecule has 3 heteroatoms. The van der Waals surface area contributed by atoms with Crippen LogP contribution in [0.4, 0.5) is 0 Å². The molecule has 1 heterocycles. The molecule has 0 bridgehead atoms. The molecule has 0 atom stereocenters. The van der Waals surface area contributed by atoms with Crippen molar-refractivity contribution in [1.82, 2.24) is 0 Å². The molecule has 104 valence electrons. The van der Waals surface area contributed by atoms with Gasteiger partial charge < -0.3 is 4.42 Å². The SMILES string of the molecule is CC(=C\c1ccccc1)/C=C(\C#N)C(=O)c1ccoc1C. The van der Waals surface area contributed by atoms with E-state index in [4.69, 9.17) is 4.42 Å². The maximum Gasteiger partial charge on any atom is 0.207 e. The summed E-state index contributed by atoms with van der Waals surface area (Å²) < 4.78 is 5.11. The minimum absolute atomic E-state index is 0.101. The Bertz CT molecular complexity index is 743. The highest BCUT2D eigenvalue weighted by atomic mass is 16.3. The Balaban J connectivity index is 2.29. The third-order valence-electron chi connectivity index (χ3n) is 3.03. The van der Waals surface area contributed by atoms with E-state index in [2.05, 4.69) is 0 Å². The van der Waals surface area contributed by atoms with Gasteiger partial charge in [0.05, 0.1) is 11.8 Å². The molecule has 0 amide bonds. The highest BCUT2D eigenvalue weighted by Crippen LogP contribution is 2.16. The van der Waals surface area contributed by atoms with Gasteiger partial charge in [-0.05, 0) is 37.1 Å². The van der Waals surface area contributed by atoms with Crippen LogP contribution in [-0.2, 0) is 0 Å². The lowest BCUT2D eigenvalue weighted by Gasteiger charge is -1.99. The van der Waals surface area contributed by atoms with Crippen LogP contribution in [0.25, 0.3) is 6.08 Å². The van der Waals surface area contributed by atoms with E-state index in [1.165, 1.54) is 6.26 Å². The molecule has 0 spiro atoms. The number of Topliss-reactive ketones (excluding diaryl/α,β-unsaturated/α-hetero) is 1. The normalized spacial score (nSPS) is 12.0. The summed E-state index contributed by atoms with van der Waals surface area (Å²) in [5.41, 5.74) is 2.39. The molecule has 0 radical (unpaired) electrons. The van der Waals surface area contributed by atoms with Crippen molar-refractivity contribution in [1.29, 1.82) is 5.26 Å². The summed E-state index contributed by atoms with van der Waals surface area (Å²) >= 11 is 0. The maximum atomic E-state index is 12.3. The number of hydrogen-bond donors (Lipinski definition) is 0. The zero-order valence-electron chi connectivity index (χ0n) is 12.0. The fourth-order valence-electron chi connectivity index (χ4n) is 2.00. The molecule has 0 aliphatic rings. The largest absolute Gasteiger partial charge is 0.469 e. The molecule has 2 rings (SSSR count). The zero-order valence-corrected chi connectivity index (χ0v) is 12.0. The first-order valence-corrected chi connectivity index (χ1v) is 6.55. The molecule has 3 nitrogen and oxygen atoms in total. The fourth-order valence-corrected chi connectivity index (χ4v) is 2.00. The smallest absolute Gasteiger partial charge is 0.207 e. The lowest BCUT2D eigenvalue weighted by molar-refractivity contribution is 0.103. The van der Waals surface area contributed by atoms with Crippen molar-refractivity contribution >= 4 is 11.9 Å². The third-order valence-corrected chi connectivity index (χ3v) is 3.03. The number of nitrogens with zero attached hydrogens (tertiary/aromatic N) is 1. The molecular formula is C18H15NO2. The summed E-state index contributed by atoms with van der Waals surface area (Å²) in [6.45, 7) is 3.56. The van der Waals surface area contributed by atoms with Crippen molar-refractivity contribution in [3.05, 3.63) is 76.8 Å². The van der Waals surface area contributed by atoms with Crippen molar-refractivity contribution in [3.8, 4) is 6.07 Å². The van der Waals surface area contributed by atoms with E-state index in [1.807, 2.05) is 49.4 Å². The van der Waals surface area contributed by atoms with E-state index in [9.17, 15) is 10.1 Å². The van der Waals surface area contributed by atoms with Gasteiger partial charge in [0.1, 0.15) is 17.4 Å². The number of rotatable bonds is 4. The van der Waals surface area contributed by atoms with Crippen LogP contribution in [-0.4, -0.2) is 5.78 Å². The fraction of sp³-hybridized carbons (Fsp3) is 0.111. The highest BCUT2D eigenvalue weighted by Gasteiger charge is 2.16. The van der Waals surface area contributed by atoms with Gasteiger partial charge in [0, 0.05) is 0 Å². The van der Waals surface area contributed by atoms with Crippen LogP contribution in [0.3, 0.4) is 0 Å². The highest BCUT2D eigenvalue weighted by molar-refractivity contribution is 6.12. The number of carbonyl (C=O) groups excluding carboxylic acids is 1. The van der Waals surface area contributed by atoms with Gasteiger partial charge in [0.25, 0.3) is 0 Å². The Morgan fingerprint density at radius 3 is 2.52 bits per heavy atom. The Labute approximate surface area is 123 Å². The first-order valence-electron chi connectivity index (χ1n) is 6.55. The van der Waals surface area contributed by atoms with Gasteiger partial charge >= 0.3 is 0 Å². The van der Waals surface area contributed by atoms with Crippen molar-refractivity contribution in [2.45, 2.75) is 13.8 Å². The van der Waals surface area contributed by atoms with E-state index >= 15 is 0 Å². The van der Waals surface area contributed by atoms with Gasteiger partial charge in [0.15, 0.2) is 0 Å². The van der Waals surface area contributed by atoms with Crippen molar-refractivity contribution in [2.75, 3.05) is 0 Å². The number of furan rings is 1. The van der Waals surface area contributed by atoms with Gasteiger partial charge in [-0.1, -0.05) is 36.4 Å². The van der Waals surface area contributed by atoms with E-state index in [0.29, 0.717) is 11.3 Å².